The van der Waals surface area contributed by atoms with E-state index < -0.39 is 0 Å². The smallest absolute Gasteiger partial charge is 0.255 e. The van der Waals surface area contributed by atoms with Gasteiger partial charge in [-0.25, -0.2) is 0 Å². The summed E-state index contributed by atoms with van der Waals surface area (Å²) in [6.45, 7) is 2.16. The van der Waals surface area contributed by atoms with Crippen LogP contribution in [-0.2, 0) is 6.42 Å². The molecule has 4 nitrogen and oxygen atoms in total. The van der Waals surface area contributed by atoms with E-state index in [9.17, 15) is 9.59 Å². The van der Waals surface area contributed by atoms with E-state index in [1.54, 1.807) is 30.3 Å². The Kier molecular flexibility index (Phi) is 6.19. The molecule has 0 aliphatic heterocycles. The Bertz CT molecular complexity index is 1230. The lowest BCUT2D eigenvalue weighted by Crippen LogP contribution is -2.15. The highest BCUT2D eigenvalue weighted by Gasteiger charge is 2.21. The number of benzene rings is 3. The lowest BCUT2D eigenvalue weighted by Gasteiger charge is -2.08. The van der Waals surface area contributed by atoms with Gasteiger partial charge in [-0.15, -0.1) is 0 Å². The molecule has 0 saturated carbocycles. The number of aromatic amines is 1. The zero-order chi connectivity index (χ0) is 21.8. The van der Waals surface area contributed by atoms with E-state index in [4.69, 9.17) is 11.6 Å². The first kappa shape index (κ1) is 20.9. The lowest BCUT2D eigenvalue weighted by atomic mass is 10.1. The second-order valence-electron chi connectivity index (χ2n) is 7.51. The number of carbonyl (C=O) groups is 2. The molecule has 156 valence electrons. The molecule has 0 saturated heterocycles. The fraction of sp³-hybridized carbons (Fsp3) is 0.154. The molecule has 2 N–H and O–H groups in total. The molecular formula is C26H23ClN2O2. The van der Waals surface area contributed by atoms with Crippen LogP contribution in [0.25, 0.3) is 10.9 Å². The first-order valence-electron chi connectivity index (χ1n) is 10.4. The zero-order valence-electron chi connectivity index (χ0n) is 17.2. The van der Waals surface area contributed by atoms with E-state index in [-0.39, 0.29) is 11.7 Å². The predicted molar refractivity (Wildman–Crippen MR) is 126 cm³/mol. The number of nitrogens with one attached hydrogen (secondary N) is 2. The summed E-state index contributed by atoms with van der Waals surface area (Å²) in [6, 6.07) is 21.9. The highest BCUT2D eigenvalue weighted by atomic mass is 35.5. The molecular weight excluding hydrogens is 408 g/mol. The summed E-state index contributed by atoms with van der Waals surface area (Å²) in [5, 5.41) is 4.23. The summed E-state index contributed by atoms with van der Waals surface area (Å²) in [4.78, 5) is 29.3. The molecule has 31 heavy (non-hydrogen) atoms. The van der Waals surface area contributed by atoms with Gasteiger partial charge in [-0.05, 0) is 48.7 Å². The van der Waals surface area contributed by atoms with E-state index in [2.05, 4.69) is 17.2 Å². The highest BCUT2D eigenvalue weighted by Crippen LogP contribution is 2.31. The number of halogens is 1. The Balaban J connectivity index is 1.69. The molecule has 0 fully saturated rings. The maximum absolute atomic E-state index is 13.2. The van der Waals surface area contributed by atoms with Crippen LogP contribution in [0.5, 0.6) is 0 Å². The molecule has 0 bridgehead atoms. The van der Waals surface area contributed by atoms with Gasteiger partial charge in [0.2, 0.25) is 5.78 Å². The summed E-state index contributed by atoms with van der Waals surface area (Å²) in [7, 11) is 0. The van der Waals surface area contributed by atoms with Crippen molar-refractivity contribution < 1.29 is 9.59 Å². The number of anilines is 1. The van der Waals surface area contributed by atoms with Crippen molar-refractivity contribution in [1.82, 2.24) is 4.98 Å². The number of fused-ring (bicyclic) bond motifs is 1. The second kappa shape index (κ2) is 9.19. The van der Waals surface area contributed by atoms with Crippen LogP contribution in [0.4, 0.5) is 5.69 Å². The van der Waals surface area contributed by atoms with Crippen LogP contribution in [-0.4, -0.2) is 16.7 Å². The standard InChI is InChI=1S/C26H23ClN2O2/c1-2-3-7-17-10-12-19(13-11-17)26(31)29-23-21-15-14-20(27)16-22(21)28-24(23)25(30)18-8-5-4-6-9-18/h4-6,8-16,28H,2-3,7H2,1H3,(H,29,31). The summed E-state index contributed by atoms with van der Waals surface area (Å²) in [5.74, 6) is -0.460. The van der Waals surface area contributed by atoms with Gasteiger partial charge in [-0.2, -0.15) is 0 Å². The van der Waals surface area contributed by atoms with Crippen LogP contribution in [0.3, 0.4) is 0 Å². The highest BCUT2D eigenvalue weighted by molar-refractivity contribution is 6.31. The van der Waals surface area contributed by atoms with Gasteiger partial charge in [0.15, 0.2) is 0 Å². The van der Waals surface area contributed by atoms with Crippen molar-refractivity contribution in [2.75, 3.05) is 5.32 Å². The minimum Gasteiger partial charge on any atom is -0.350 e. The van der Waals surface area contributed by atoms with E-state index in [0.717, 1.165) is 24.6 Å². The van der Waals surface area contributed by atoms with Gasteiger partial charge in [-0.3, -0.25) is 9.59 Å². The van der Waals surface area contributed by atoms with Crippen molar-refractivity contribution in [2.45, 2.75) is 26.2 Å². The van der Waals surface area contributed by atoms with Crippen LogP contribution >= 0.6 is 11.6 Å². The topological polar surface area (TPSA) is 62.0 Å². The number of carbonyl (C=O) groups excluding carboxylic acids is 2. The van der Waals surface area contributed by atoms with Crippen molar-refractivity contribution in [1.29, 1.82) is 0 Å². The Morgan fingerprint density at radius 1 is 0.935 bits per heavy atom. The molecule has 1 aromatic heterocycles. The molecule has 1 amide bonds. The molecule has 4 aromatic rings. The largest absolute Gasteiger partial charge is 0.350 e. The van der Waals surface area contributed by atoms with Crippen molar-refractivity contribution in [3.05, 3.63) is 100 Å². The molecule has 3 aromatic carbocycles. The molecule has 4 rings (SSSR count). The zero-order valence-corrected chi connectivity index (χ0v) is 18.0. The minimum absolute atomic E-state index is 0.196. The predicted octanol–water partition coefficient (Wildman–Crippen LogP) is 6.65. The van der Waals surface area contributed by atoms with E-state index >= 15 is 0 Å². The third-order valence-electron chi connectivity index (χ3n) is 5.30. The van der Waals surface area contributed by atoms with Gasteiger partial charge in [-0.1, -0.05) is 67.4 Å². The normalized spacial score (nSPS) is 10.9. The fourth-order valence-electron chi connectivity index (χ4n) is 3.59. The molecule has 0 unspecified atom stereocenters. The van der Waals surface area contributed by atoms with E-state index in [1.165, 1.54) is 5.56 Å². The van der Waals surface area contributed by atoms with Crippen LogP contribution in [0, 0.1) is 0 Å². The Hall–Kier alpha value is -3.37. The number of rotatable bonds is 7. The summed E-state index contributed by atoms with van der Waals surface area (Å²) < 4.78 is 0. The maximum atomic E-state index is 13.2. The monoisotopic (exact) mass is 430 g/mol. The third kappa shape index (κ3) is 4.54. The van der Waals surface area contributed by atoms with Crippen molar-refractivity contribution in [3.63, 3.8) is 0 Å². The van der Waals surface area contributed by atoms with Crippen LogP contribution in [0.1, 0.15) is 51.7 Å². The summed E-state index contributed by atoms with van der Waals surface area (Å²) >= 11 is 6.14. The molecule has 0 aliphatic carbocycles. The number of amides is 1. The Morgan fingerprint density at radius 3 is 2.39 bits per heavy atom. The van der Waals surface area contributed by atoms with Crippen LogP contribution in [0.2, 0.25) is 5.02 Å². The lowest BCUT2D eigenvalue weighted by molar-refractivity contribution is 0.102. The van der Waals surface area contributed by atoms with Crippen molar-refractivity contribution in [3.8, 4) is 0 Å². The number of hydrogen-bond acceptors (Lipinski definition) is 2. The summed E-state index contributed by atoms with van der Waals surface area (Å²) in [5.41, 5.74) is 3.77. The minimum atomic E-state index is -0.264. The van der Waals surface area contributed by atoms with Gasteiger partial charge in [0, 0.05) is 27.1 Å². The second-order valence-corrected chi connectivity index (χ2v) is 7.95. The van der Waals surface area contributed by atoms with Gasteiger partial charge >= 0.3 is 0 Å². The number of H-pyrrole nitrogens is 1. The Labute approximate surface area is 186 Å². The summed E-state index contributed by atoms with van der Waals surface area (Å²) in [6.07, 6.45) is 3.25. The molecule has 5 heteroatoms. The average molecular weight is 431 g/mol. The number of unbranched alkanes of at least 4 members (excludes halogenated alkanes) is 1. The number of ketones is 1. The number of aryl methyl sites for hydroxylation is 1. The number of aromatic nitrogens is 1. The van der Waals surface area contributed by atoms with E-state index in [0.29, 0.717) is 33.0 Å². The van der Waals surface area contributed by atoms with Crippen LogP contribution in [0.15, 0.2) is 72.8 Å². The first-order valence-corrected chi connectivity index (χ1v) is 10.8. The quantitative estimate of drug-likeness (QED) is 0.322. The number of hydrogen-bond donors (Lipinski definition) is 2. The Morgan fingerprint density at radius 2 is 1.68 bits per heavy atom. The average Bonchev–Trinajstić information content (AvgIpc) is 3.15. The van der Waals surface area contributed by atoms with E-state index in [1.807, 2.05) is 42.5 Å². The van der Waals surface area contributed by atoms with Crippen molar-refractivity contribution >= 4 is 39.9 Å². The van der Waals surface area contributed by atoms with Gasteiger partial charge in [0.25, 0.3) is 5.91 Å². The van der Waals surface area contributed by atoms with Gasteiger partial charge in [0.1, 0.15) is 5.69 Å². The fourth-order valence-corrected chi connectivity index (χ4v) is 3.77. The van der Waals surface area contributed by atoms with Gasteiger partial charge < -0.3 is 10.3 Å². The first-order chi connectivity index (χ1) is 15.1. The molecule has 0 atom stereocenters. The molecule has 1 heterocycles. The maximum Gasteiger partial charge on any atom is 0.255 e. The molecule has 0 aliphatic rings. The van der Waals surface area contributed by atoms with Crippen LogP contribution < -0.4 is 5.32 Å². The molecule has 0 radical (unpaired) electrons. The third-order valence-corrected chi connectivity index (χ3v) is 5.53. The van der Waals surface area contributed by atoms with Crippen molar-refractivity contribution in [2.24, 2.45) is 0 Å². The molecule has 0 spiro atoms. The SMILES string of the molecule is CCCCc1ccc(C(=O)Nc2c(C(=O)c3ccccc3)[nH]c3cc(Cl)ccc23)cc1. The van der Waals surface area contributed by atoms with Gasteiger partial charge in [0.05, 0.1) is 5.69 Å².